The third-order valence-corrected chi connectivity index (χ3v) is 6.88. The number of nitrogens with one attached hydrogen (secondary N) is 1. The minimum absolute atomic E-state index is 0.0545. The van der Waals surface area contributed by atoms with E-state index in [4.69, 9.17) is 0 Å². The van der Waals surface area contributed by atoms with Crippen LogP contribution in [0.2, 0.25) is 0 Å². The molecule has 1 aromatic heterocycles. The Kier molecular flexibility index (Phi) is 6.04. The number of hydrogen-bond donors (Lipinski definition) is 1. The minimum atomic E-state index is -4.10. The molecular weight excluding hydrogens is 381 g/mol. The van der Waals surface area contributed by atoms with Crippen LogP contribution in [0.5, 0.6) is 0 Å². The number of piperidine rings is 2. The van der Waals surface area contributed by atoms with Crippen LogP contribution in [-0.2, 0) is 13.1 Å². The van der Waals surface area contributed by atoms with Gasteiger partial charge in [-0.3, -0.25) is 9.69 Å². The monoisotopic (exact) mass is 412 g/mol. The highest BCUT2D eigenvalue weighted by molar-refractivity contribution is 5.22. The zero-order valence-electron chi connectivity index (χ0n) is 17.0. The molecule has 0 aromatic carbocycles. The van der Waals surface area contributed by atoms with E-state index >= 15 is 0 Å². The van der Waals surface area contributed by atoms with Crippen LogP contribution in [0.4, 0.5) is 13.2 Å². The average molecular weight is 413 g/mol. The van der Waals surface area contributed by atoms with Gasteiger partial charge in [-0.25, -0.2) is 0 Å². The third kappa shape index (κ3) is 4.54. The van der Waals surface area contributed by atoms with Gasteiger partial charge in [-0.15, -0.1) is 0 Å². The van der Waals surface area contributed by atoms with Gasteiger partial charge < -0.3 is 14.8 Å². The fourth-order valence-electron chi connectivity index (χ4n) is 5.32. The number of likely N-dealkylation sites (tertiary alicyclic amines) is 2. The number of nitrogens with zero attached hydrogens (tertiary/aromatic N) is 3. The Morgan fingerprint density at radius 3 is 2.55 bits per heavy atom. The van der Waals surface area contributed by atoms with Crippen LogP contribution in [0.15, 0.2) is 16.9 Å². The molecule has 1 aromatic rings. The molecule has 2 atom stereocenters. The molecule has 5 nitrogen and oxygen atoms in total. The van der Waals surface area contributed by atoms with Crippen LogP contribution in [0.1, 0.15) is 36.4 Å². The van der Waals surface area contributed by atoms with E-state index in [1.807, 2.05) is 22.6 Å². The Balaban J connectivity index is 1.44. The van der Waals surface area contributed by atoms with Gasteiger partial charge in [0.2, 0.25) is 0 Å². The topological polar surface area (TPSA) is 40.5 Å². The molecule has 0 amide bonds. The van der Waals surface area contributed by atoms with Crippen molar-refractivity contribution < 1.29 is 13.2 Å². The average Bonchev–Trinajstić information content (AvgIpc) is 2.68. The first-order valence-electron chi connectivity index (χ1n) is 10.7. The standard InChI is InChI=1S/C21H31F3N4O/c1-25-6-9-27-11-15-10-17(14-27)19-3-2-16(20(29)28(19)12-15)13-26-7-4-18(5-8-26)21(22,23)24/h2-3,15,17-18,25H,4-14H2,1H3/t15-,17+/m0/s1. The maximum atomic E-state index is 13.1. The SMILES string of the molecule is CNCCN1C[C@@H]2C[C@H](C1)c1ccc(CN3CCC(C(F)(F)F)CC3)c(=O)n1C2. The Bertz CT molecular complexity index is 770. The fraction of sp³-hybridized carbons (Fsp3) is 0.762. The lowest BCUT2D eigenvalue weighted by molar-refractivity contribution is -0.185. The Morgan fingerprint density at radius 1 is 1.10 bits per heavy atom. The van der Waals surface area contributed by atoms with Crippen LogP contribution in [0.25, 0.3) is 0 Å². The predicted octanol–water partition coefficient (Wildman–Crippen LogP) is 2.26. The maximum Gasteiger partial charge on any atom is 0.391 e. The first-order valence-corrected chi connectivity index (χ1v) is 10.7. The summed E-state index contributed by atoms with van der Waals surface area (Å²) in [4.78, 5) is 17.6. The van der Waals surface area contributed by atoms with Crippen LogP contribution in [-0.4, -0.2) is 66.9 Å². The lowest BCUT2D eigenvalue weighted by Crippen LogP contribution is -2.49. The van der Waals surface area contributed by atoms with E-state index < -0.39 is 12.1 Å². The van der Waals surface area contributed by atoms with Crippen molar-refractivity contribution in [2.45, 2.75) is 44.4 Å². The first-order chi connectivity index (χ1) is 13.8. The van der Waals surface area contributed by atoms with E-state index in [1.54, 1.807) is 0 Å². The number of rotatable bonds is 5. The normalized spacial score (nSPS) is 26.5. The lowest BCUT2D eigenvalue weighted by Gasteiger charge is -2.43. The zero-order chi connectivity index (χ0) is 20.6. The molecule has 2 fully saturated rings. The summed E-state index contributed by atoms with van der Waals surface area (Å²) in [5.41, 5.74) is 1.89. The number of pyridine rings is 1. The van der Waals surface area contributed by atoms with Gasteiger partial charge >= 0.3 is 6.18 Å². The quantitative estimate of drug-likeness (QED) is 0.806. The molecule has 0 aliphatic carbocycles. The van der Waals surface area contributed by atoms with Crippen molar-refractivity contribution in [3.63, 3.8) is 0 Å². The second kappa shape index (κ2) is 8.40. The van der Waals surface area contributed by atoms with Gasteiger partial charge in [0, 0.05) is 56.4 Å². The molecule has 2 saturated heterocycles. The third-order valence-electron chi connectivity index (χ3n) is 6.88. The van der Waals surface area contributed by atoms with Gasteiger partial charge in [0.25, 0.3) is 5.56 Å². The highest BCUT2D eigenvalue weighted by Gasteiger charge is 2.41. The van der Waals surface area contributed by atoms with E-state index in [9.17, 15) is 18.0 Å². The predicted molar refractivity (Wildman–Crippen MR) is 106 cm³/mol. The Hall–Kier alpha value is -1.38. The fourth-order valence-corrected chi connectivity index (χ4v) is 5.32. The summed E-state index contributed by atoms with van der Waals surface area (Å²) in [6.45, 7) is 6.02. The molecule has 4 rings (SSSR count). The molecule has 0 saturated carbocycles. The van der Waals surface area contributed by atoms with E-state index in [0.717, 1.165) is 44.8 Å². The smallest absolute Gasteiger partial charge is 0.318 e. The Morgan fingerprint density at radius 2 is 1.86 bits per heavy atom. The summed E-state index contributed by atoms with van der Waals surface area (Å²) in [6, 6.07) is 4.00. The summed E-state index contributed by atoms with van der Waals surface area (Å²) in [6.07, 6.45) is -2.71. The minimum Gasteiger partial charge on any atom is -0.318 e. The molecule has 8 heteroatoms. The number of fused-ring (bicyclic) bond motifs is 4. The zero-order valence-corrected chi connectivity index (χ0v) is 17.0. The highest BCUT2D eigenvalue weighted by atomic mass is 19.4. The van der Waals surface area contributed by atoms with Crippen LogP contribution < -0.4 is 10.9 Å². The molecule has 29 heavy (non-hydrogen) atoms. The van der Waals surface area contributed by atoms with Crippen molar-refractivity contribution in [1.29, 1.82) is 0 Å². The van der Waals surface area contributed by atoms with Crippen LogP contribution in [0.3, 0.4) is 0 Å². The van der Waals surface area contributed by atoms with Gasteiger partial charge in [0.05, 0.1) is 5.92 Å². The van der Waals surface area contributed by atoms with Gasteiger partial charge in [-0.2, -0.15) is 13.2 Å². The van der Waals surface area contributed by atoms with Crippen molar-refractivity contribution in [2.24, 2.45) is 11.8 Å². The molecule has 3 aliphatic rings. The van der Waals surface area contributed by atoms with Crippen molar-refractivity contribution in [2.75, 3.05) is 46.3 Å². The molecule has 2 bridgehead atoms. The molecule has 0 radical (unpaired) electrons. The van der Waals surface area contributed by atoms with Crippen LogP contribution in [0, 0.1) is 11.8 Å². The second-order valence-electron chi connectivity index (χ2n) is 8.95. The largest absolute Gasteiger partial charge is 0.391 e. The van der Waals surface area contributed by atoms with Gasteiger partial charge in [-0.1, -0.05) is 6.07 Å². The van der Waals surface area contributed by atoms with Gasteiger partial charge in [0.15, 0.2) is 0 Å². The molecule has 3 aliphatic heterocycles. The second-order valence-corrected chi connectivity index (χ2v) is 8.95. The van der Waals surface area contributed by atoms with E-state index in [0.29, 0.717) is 37.0 Å². The summed E-state index contributed by atoms with van der Waals surface area (Å²) in [5, 5.41) is 3.20. The van der Waals surface area contributed by atoms with Gasteiger partial charge in [0.1, 0.15) is 0 Å². The molecular formula is C21H31F3N4O. The summed E-state index contributed by atoms with van der Waals surface area (Å²) >= 11 is 0. The van der Waals surface area contributed by atoms with Crippen molar-refractivity contribution in [3.8, 4) is 0 Å². The van der Waals surface area contributed by atoms with E-state index in [-0.39, 0.29) is 18.4 Å². The van der Waals surface area contributed by atoms with Gasteiger partial charge in [-0.05, 0) is 51.4 Å². The molecule has 0 spiro atoms. The van der Waals surface area contributed by atoms with Crippen LogP contribution >= 0.6 is 0 Å². The van der Waals surface area contributed by atoms with Crippen molar-refractivity contribution in [3.05, 3.63) is 33.7 Å². The maximum absolute atomic E-state index is 13.1. The summed E-state index contributed by atoms with van der Waals surface area (Å²) in [7, 11) is 1.97. The molecule has 4 heterocycles. The number of alkyl halides is 3. The number of halogens is 3. The van der Waals surface area contributed by atoms with Crippen molar-refractivity contribution in [1.82, 2.24) is 19.7 Å². The Labute approximate surface area is 169 Å². The highest BCUT2D eigenvalue weighted by Crippen LogP contribution is 2.36. The number of hydrogen-bond acceptors (Lipinski definition) is 4. The number of likely N-dealkylation sites (N-methyl/N-ethyl adjacent to an activating group) is 1. The molecule has 0 unspecified atom stereocenters. The lowest BCUT2D eigenvalue weighted by atomic mass is 9.83. The summed E-state index contributed by atoms with van der Waals surface area (Å²) < 4.78 is 40.6. The molecule has 1 N–H and O–H groups in total. The summed E-state index contributed by atoms with van der Waals surface area (Å²) in [5.74, 6) is -0.314. The number of aromatic nitrogens is 1. The van der Waals surface area contributed by atoms with E-state index in [1.165, 1.54) is 0 Å². The van der Waals surface area contributed by atoms with E-state index in [2.05, 4.69) is 16.3 Å². The first kappa shape index (κ1) is 20.9. The molecule has 162 valence electrons. The van der Waals surface area contributed by atoms with Crippen molar-refractivity contribution >= 4 is 0 Å².